The first-order valence-electron chi connectivity index (χ1n) is 6.11. The second-order valence-electron chi connectivity index (χ2n) is 5.25. The van der Waals surface area contributed by atoms with Crippen molar-refractivity contribution in [2.75, 3.05) is 7.11 Å². The molecule has 20 heavy (non-hydrogen) atoms. The first-order valence-corrected chi connectivity index (χ1v) is 6.11. The third-order valence-corrected chi connectivity index (χ3v) is 2.53. The Hall–Kier alpha value is -2.37. The van der Waals surface area contributed by atoms with E-state index in [-0.39, 0.29) is 5.69 Å². The van der Waals surface area contributed by atoms with Crippen LogP contribution in [0.4, 0.5) is 4.79 Å². The van der Waals surface area contributed by atoms with Crippen LogP contribution < -0.4 is 0 Å². The van der Waals surface area contributed by atoms with Gasteiger partial charge in [0.05, 0.1) is 7.11 Å². The summed E-state index contributed by atoms with van der Waals surface area (Å²) in [6.07, 6.45) is 0.885. The molecule has 6 nitrogen and oxygen atoms in total. The Labute approximate surface area is 116 Å². The van der Waals surface area contributed by atoms with Gasteiger partial charge in [-0.2, -0.15) is 0 Å². The summed E-state index contributed by atoms with van der Waals surface area (Å²) in [5.74, 6) is -0.617. The summed E-state index contributed by atoms with van der Waals surface area (Å²) < 4.78 is 11.1. The number of pyridine rings is 1. The van der Waals surface area contributed by atoms with E-state index in [1.807, 2.05) is 0 Å². The van der Waals surface area contributed by atoms with Crippen LogP contribution in [0.3, 0.4) is 0 Å². The second kappa shape index (κ2) is 4.96. The molecule has 0 aliphatic rings. The summed E-state index contributed by atoms with van der Waals surface area (Å²) >= 11 is 0. The van der Waals surface area contributed by atoms with Crippen molar-refractivity contribution < 1.29 is 19.1 Å². The van der Waals surface area contributed by atoms with Gasteiger partial charge >= 0.3 is 12.1 Å². The van der Waals surface area contributed by atoms with Gasteiger partial charge in [-0.3, -0.25) is 0 Å². The fourth-order valence-corrected chi connectivity index (χ4v) is 1.78. The van der Waals surface area contributed by atoms with Gasteiger partial charge in [-0.1, -0.05) is 0 Å². The first kappa shape index (κ1) is 14.0. The highest BCUT2D eigenvalue weighted by Crippen LogP contribution is 2.20. The number of nitrogens with zero attached hydrogens (tertiary/aromatic N) is 2. The van der Waals surface area contributed by atoms with Crippen LogP contribution in [0.1, 0.15) is 31.3 Å². The van der Waals surface area contributed by atoms with Crippen molar-refractivity contribution in [1.82, 2.24) is 9.55 Å². The van der Waals surface area contributed by atoms with Crippen LogP contribution in [0.25, 0.3) is 11.0 Å². The van der Waals surface area contributed by atoms with Gasteiger partial charge in [0.15, 0.2) is 0 Å². The smallest absolute Gasteiger partial charge is 0.420 e. The highest BCUT2D eigenvalue weighted by atomic mass is 16.6. The molecular weight excluding hydrogens is 260 g/mol. The van der Waals surface area contributed by atoms with E-state index in [4.69, 9.17) is 9.47 Å². The minimum atomic E-state index is -0.671. The molecule has 0 N–H and O–H groups in total. The zero-order valence-corrected chi connectivity index (χ0v) is 11.8. The molecule has 0 bridgehead atoms. The van der Waals surface area contributed by atoms with Crippen LogP contribution in [-0.2, 0) is 9.47 Å². The van der Waals surface area contributed by atoms with E-state index in [0.29, 0.717) is 11.0 Å². The highest BCUT2D eigenvalue weighted by Gasteiger charge is 2.25. The largest absolute Gasteiger partial charge is 0.464 e. The molecule has 0 atom stereocenters. The number of fused-ring (bicyclic) bond motifs is 1. The molecular formula is C14H16N2O4. The maximum atomic E-state index is 12.3. The Bertz CT molecular complexity index is 667. The lowest BCUT2D eigenvalue weighted by Gasteiger charge is -2.20. The Morgan fingerprint density at radius 2 is 2.00 bits per heavy atom. The number of ether oxygens (including phenoxy) is 2. The molecule has 2 heterocycles. The number of esters is 1. The molecule has 2 aromatic rings. The molecule has 0 saturated carbocycles. The van der Waals surface area contributed by atoms with Gasteiger partial charge in [0.1, 0.15) is 16.9 Å². The Morgan fingerprint density at radius 1 is 1.30 bits per heavy atom. The van der Waals surface area contributed by atoms with Crippen LogP contribution >= 0.6 is 0 Å². The molecule has 0 radical (unpaired) electrons. The van der Waals surface area contributed by atoms with E-state index in [1.165, 1.54) is 7.11 Å². The van der Waals surface area contributed by atoms with E-state index in [9.17, 15) is 9.59 Å². The average Bonchev–Trinajstić information content (AvgIpc) is 2.75. The number of rotatable bonds is 1. The third kappa shape index (κ3) is 2.64. The molecule has 0 spiro atoms. The normalized spacial score (nSPS) is 11.4. The Kier molecular flexibility index (Phi) is 3.48. The molecule has 6 heteroatoms. The van der Waals surface area contributed by atoms with Crippen LogP contribution in [0.2, 0.25) is 0 Å². The van der Waals surface area contributed by atoms with Gasteiger partial charge in [0.25, 0.3) is 0 Å². The molecule has 0 aliphatic carbocycles. The molecule has 106 valence electrons. The van der Waals surface area contributed by atoms with Gasteiger partial charge in [-0.05, 0) is 39.0 Å². The fourth-order valence-electron chi connectivity index (χ4n) is 1.78. The van der Waals surface area contributed by atoms with Crippen LogP contribution in [0.5, 0.6) is 0 Å². The number of methoxy groups -OCH3 is 1. The summed E-state index contributed by atoms with van der Waals surface area (Å²) in [6, 6.07) is 5.04. The Balaban J connectivity index is 2.59. The number of carbonyl (C=O) groups excluding carboxylic acids is 2. The lowest BCUT2D eigenvalue weighted by molar-refractivity contribution is 0.0489. The van der Waals surface area contributed by atoms with Crippen molar-refractivity contribution in [2.24, 2.45) is 0 Å². The van der Waals surface area contributed by atoms with Gasteiger partial charge in [0, 0.05) is 11.6 Å². The number of carbonyl (C=O) groups is 2. The van der Waals surface area contributed by atoms with Crippen molar-refractivity contribution in [3.8, 4) is 0 Å². The first-order chi connectivity index (χ1) is 9.33. The molecule has 0 unspecified atom stereocenters. The summed E-state index contributed by atoms with van der Waals surface area (Å²) in [6.45, 7) is 5.26. The fraction of sp³-hybridized carbons (Fsp3) is 0.357. The van der Waals surface area contributed by atoms with Crippen molar-refractivity contribution in [2.45, 2.75) is 26.4 Å². The maximum Gasteiger partial charge on any atom is 0.420 e. The predicted octanol–water partition coefficient (Wildman–Crippen LogP) is 2.61. The summed E-state index contributed by atoms with van der Waals surface area (Å²) in [5.41, 5.74) is -0.215. The monoisotopic (exact) mass is 276 g/mol. The van der Waals surface area contributed by atoms with Crippen LogP contribution in [0.15, 0.2) is 24.4 Å². The Morgan fingerprint density at radius 3 is 2.60 bits per heavy atom. The maximum absolute atomic E-state index is 12.3. The molecule has 0 saturated heterocycles. The number of aromatic nitrogens is 2. The SMILES string of the molecule is COC(=O)c1cc2cccnc2n1C(=O)OC(C)(C)C. The summed E-state index contributed by atoms with van der Waals surface area (Å²) in [7, 11) is 1.26. The predicted molar refractivity (Wildman–Crippen MR) is 72.7 cm³/mol. The van der Waals surface area contributed by atoms with E-state index < -0.39 is 17.7 Å². The van der Waals surface area contributed by atoms with Gasteiger partial charge < -0.3 is 9.47 Å². The van der Waals surface area contributed by atoms with Crippen LogP contribution in [0, 0.1) is 0 Å². The third-order valence-electron chi connectivity index (χ3n) is 2.53. The lowest BCUT2D eigenvalue weighted by atomic mass is 10.2. The van der Waals surface area contributed by atoms with Crippen LogP contribution in [-0.4, -0.2) is 34.3 Å². The van der Waals surface area contributed by atoms with E-state index in [1.54, 1.807) is 45.2 Å². The summed E-state index contributed by atoms with van der Waals surface area (Å²) in [5, 5.41) is 0.666. The van der Waals surface area contributed by atoms with Crippen molar-refractivity contribution in [1.29, 1.82) is 0 Å². The van der Waals surface area contributed by atoms with E-state index in [0.717, 1.165) is 4.57 Å². The minimum absolute atomic E-state index is 0.0930. The van der Waals surface area contributed by atoms with E-state index >= 15 is 0 Å². The zero-order valence-electron chi connectivity index (χ0n) is 11.8. The quantitative estimate of drug-likeness (QED) is 0.749. The second-order valence-corrected chi connectivity index (χ2v) is 5.25. The zero-order chi connectivity index (χ0) is 14.9. The molecule has 0 fully saturated rings. The van der Waals surface area contributed by atoms with Crippen molar-refractivity contribution in [3.63, 3.8) is 0 Å². The van der Waals surface area contributed by atoms with Crippen molar-refractivity contribution in [3.05, 3.63) is 30.1 Å². The highest BCUT2D eigenvalue weighted by molar-refractivity contribution is 6.00. The van der Waals surface area contributed by atoms with Gasteiger partial charge in [0.2, 0.25) is 0 Å². The molecule has 0 amide bonds. The topological polar surface area (TPSA) is 70.4 Å². The average molecular weight is 276 g/mol. The van der Waals surface area contributed by atoms with Gasteiger partial charge in [-0.15, -0.1) is 0 Å². The minimum Gasteiger partial charge on any atom is -0.464 e. The molecule has 0 aliphatic heterocycles. The summed E-state index contributed by atoms with van der Waals surface area (Å²) in [4.78, 5) is 28.2. The molecule has 2 aromatic heterocycles. The number of hydrogen-bond donors (Lipinski definition) is 0. The molecule has 2 rings (SSSR count). The molecule has 0 aromatic carbocycles. The van der Waals surface area contributed by atoms with Gasteiger partial charge in [-0.25, -0.2) is 19.1 Å². The van der Waals surface area contributed by atoms with E-state index in [2.05, 4.69) is 4.98 Å². The van der Waals surface area contributed by atoms with Crippen molar-refractivity contribution >= 4 is 23.1 Å². The lowest BCUT2D eigenvalue weighted by Crippen LogP contribution is -2.29. The number of hydrogen-bond acceptors (Lipinski definition) is 5. The standard InChI is InChI=1S/C14H16N2O4/c1-14(2,3)20-13(18)16-10(12(17)19-4)8-9-6-5-7-15-11(9)16/h5-8H,1-4H3.